The molecule has 0 radical (unpaired) electrons. The third-order valence-electron chi connectivity index (χ3n) is 6.32. The molecule has 4 aromatic rings. The van der Waals surface area contributed by atoms with Crippen LogP contribution in [0.5, 0.6) is 5.75 Å². The molecule has 2 aromatic heterocycles. The number of rotatable bonds is 6. The fraction of sp³-hybridized carbons (Fsp3) is 0.185. The fourth-order valence-electron chi connectivity index (χ4n) is 4.46. The number of carbonyl (C=O) groups is 2. The second kappa shape index (κ2) is 9.00. The molecule has 35 heavy (non-hydrogen) atoms. The number of nitrogens with zero attached hydrogens (tertiary/aromatic N) is 2. The van der Waals surface area contributed by atoms with Crippen LogP contribution in [0, 0.1) is 0 Å². The van der Waals surface area contributed by atoms with Crippen molar-refractivity contribution in [2.75, 3.05) is 12.0 Å². The van der Waals surface area contributed by atoms with Crippen molar-refractivity contribution in [2.24, 2.45) is 0 Å². The molecule has 1 aliphatic rings. The standard InChI is InChI=1S/C27H24ClN3O4/c1-27(26(33)29-16-18-5-7-19(28)8-6-18)17-30-22(24-4-3-15-35-24)13-14-23(30)25(32)31(27)20-9-11-21(34-2)12-10-20/h3-15H,16-17H2,1-2H3,(H,29,33)/t27-/m1/s1. The van der Waals surface area contributed by atoms with E-state index >= 15 is 0 Å². The first-order chi connectivity index (χ1) is 16.9. The van der Waals surface area contributed by atoms with Crippen molar-refractivity contribution in [3.05, 3.63) is 95.3 Å². The molecule has 1 N–H and O–H groups in total. The maximum absolute atomic E-state index is 13.8. The Morgan fingerprint density at radius 1 is 1.06 bits per heavy atom. The topological polar surface area (TPSA) is 76.7 Å². The first-order valence-corrected chi connectivity index (χ1v) is 11.5. The minimum absolute atomic E-state index is 0.246. The zero-order valence-electron chi connectivity index (χ0n) is 19.3. The number of aromatic nitrogens is 1. The van der Waals surface area contributed by atoms with Crippen molar-refractivity contribution in [1.82, 2.24) is 9.88 Å². The minimum Gasteiger partial charge on any atom is -0.497 e. The van der Waals surface area contributed by atoms with Crippen LogP contribution < -0.4 is 15.0 Å². The second-order valence-corrected chi connectivity index (χ2v) is 9.03. The summed E-state index contributed by atoms with van der Waals surface area (Å²) in [5, 5.41) is 3.64. The van der Waals surface area contributed by atoms with E-state index in [2.05, 4.69) is 5.32 Å². The summed E-state index contributed by atoms with van der Waals surface area (Å²) in [7, 11) is 1.58. The number of nitrogens with one attached hydrogen (secondary N) is 1. The summed E-state index contributed by atoms with van der Waals surface area (Å²) < 4.78 is 12.7. The van der Waals surface area contributed by atoms with Gasteiger partial charge in [-0.1, -0.05) is 23.7 Å². The quantitative estimate of drug-likeness (QED) is 0.406. The molecule has 3 heterocycles. The Labute approximate surface area is 207 Å². The number of hydrogen-bond donors (Lipinski definition) is 1. The highest BCUT2D eigenvalue weighted by Crippen LogP contribution is 2.37. The van der Waals surface area contributed by atoms with Gasteiger partial charge in [-0.25, -0.2) is 0 Å². The van der Waals surface area contributed by atoms with Gasteiger partial charge in [-0.2, -0.15) is 0 Å². The molecule has 0 unspecified atom stereocenters. The van der Waals surface area contributed by atoms with Gasteiger partial charge in [-0.3, -0.25) is 14.5 Å². The zero-order valence-corrected chi connectivity index (χ0v) is 20.1. The summed E-state index contributed by atoms with van der Waals surface area (Å²) >= 11 is 5.99. The van der Waals surface area contributed by atoms with Gasteiger partial charge in [0.2, 0.25) is 5.91 Å². The fourth-order valence-corrected chi connectivity index (χ4v) is 4.59. The number of amides is 2. The molecule has 5 rings (SSSR count). The van der Waals surface area contributed by atoms with Crippen molar-refractivity contribution >= 4 is 29.1 Å². The summed E-state index contributed by atoms with van der Waals surface area (Å²) in [6.07, 6.45) is 1.58. The van der Waals surface area contributed by atoms with Crippen molar-refractivity contribution < 1.29 is 18.7 Å². The van der Waals surface area contributed by atoms with Gasteiger partial charge in [-0.15, -0.1) is 0 Å². The van der Waals surface area contributed by atoms with Crippen molar-refractivity contribution in [1.29, 1.82) is 0 Å². The Morgan fingerprint density at radius 3 is 2.43 bits per heavy atom. The zero-order chi connectivity index (χ0) is 24.6. The molecule has 7 nitrogen and oxygen atoms in total. The smallest absolute Gasteiger partial charge is 0.275 e. The molecule has 0 fully saturated rings. The van der Waals surface area contributed by atoms with Crippen molar-refractivity contribution in [3.63, 3.8) is 0 Å². The largest absolute Gasteiger partial charge is 0.497 e. The average molecular weight is 490 g/mol. The predicted molar refractivity (Wildman–Crippen MR) is 134 cm³/mol. The van der Waals surface area contributed by atoms with Crippen LogP contribution in [-0.4, -0.2) is 29.0 Å². The van der Waals surface area contributed by atoms with Crippen LogP contribution in [0.15, 0.2) is 83.5 Å². The second-order valence-electron chi connectivity index (χ2n) is 8.59. The van der Waals surface area contributed by atoms with E-state index < -0.39 is 5.54 Å². The first-order valence-electron chi connectivity index (χ1n) is 11.2. The van der Waals surface area contributed by atoms with Crippen molar-refractivity contribution in [3.8, 4) is 17.2 Å². The molecule has 1 aliphatic heterocycles. The molecule has 8 heteroatoms. The van der Waals surface area contributed by atoms with Crippen LogP contribution in [0.1, 0.15) is 23.0 Å². The molecule has 1 atom stereocenters. The first kappa shape index (κ1) is 22.8. The predicted octanol–water partition coefficient (Wildman–Crippen LogP) is 5.15. The van der Waals surface area contributed by atoms with E-state index in [-0.39, 0.29) is 18.4 Å². The average Bonchev–Trinajstić information content (AvgIpc) is 3.54. The van der Waals surface area contributed by atoms with E-state index in [0.717, 1.165) is 11.3 Å². The van der Waals surface area contributed by atoms with Crippen LogP contribution in [0.25, 0.3) is 11.5 Å². The van der Waals surface area contributed by atoms with Gasteiger partial charge in [0.25, 0.3) is 5.91 Å². The Hall–Kier alpha value is -3.97. The van der Waals surface area contributed by atoms with E-state index in [9.17, 15) is 9.59 Å². The number of halogens is 1. The summed E-state index contributed by atoms with van der Waals surface area (Å²) in [5.41, 5.74) is 1.51. The molecule has 2 amide bonds. The molecule has 178 valence electrons. The van der Waals surface area contributed by atoms with Gasteiger partial charge in [0.1, 0.15) is 22.7 Å². The summed E-state index contributed by atoms with van der Waals surface area (Å²) in [5.74, 6) is 0.742. The molecule has 0 saturated carbocycles. The molecular formula is C27H24ClN3O4. The van der Waals surface area contributed by atoms with E-state index in [4.69, 9.17) is 20.8 Å². The van der Waals surface area contributed by atoms with E-state index in [1.807, 2.05) is 28.8 Å². The van der Waals surface area contributed by atoms with Crippen LogP contribution in [-0.2, 0) is 17.9 Å². The highest BCUT2D eigenvalue weighted by atomic mass is 35.5. The number of hydrogen-bond acceptors (Lipinski definition) is 4. The maximum atomic E-state index is 13.8. The van der Waals surface area contributed by atoms with Crippen LogP contribution in [0.3, 0.4) is 0 Å². The molecule has 2 aromatic carbocycles. The van der Waals surface area contributed by atoms with Gasteiger partial charge < -0.3 is 19.0 Å². The number of anilines is 1. The lowest BCUT2D eigenvalue weighted by atomic mass is 9.93. The third kappa shape index (κ3) is 4.08. The van der Waals surface area contributed by atoms with Gasteiger partial charge in [0.15, 0.2) is 0 Å². The lowest BCUT2D eigenvalue weighted by Gasteiger charge is -2.44. The molecule has 0 saturated heterocycles. The number of carbonyl (C=O) groups excluding carboxylic acids is 2. The Balaban J connectivity index is 1.54. The lowest BCUT2D eigenvalue weighted by Crippen LogP contribution is -2.64. The van der Waals surface area contributed by atoms with Gasteiger partial charge >= 0.3 is 0 Å². The maximum Gasteiger partial charge on any atom is 0.275 e. The van der Waals surface area contributed by atoms with Crippen LogP contribution in [0.4, 0.5) is 5.69 Å². The van der Waals surface area contributed by atoms with E-state index in [1.54, 1.807) is 73.7 Å². The highest BCUT2D eigenvalue weighted by Gasteiger charge is 2.48. The Bertz CT molecular complexity index is 1360. The summed E-state index contributed by atoms with van der Waals surface area (Å²) in [4.78, 5) is 29.1. The van der Waals surface area contributed by atoms with Gasteiger partial charge in [0.05, 0.1) is 25.6 Å². The minimum atomic E-state index is -1.22. The number of furan rings is 1. The number of fused-ring (bicyclic) bond motifs is 1. The lowest BCUT2D eigenvalue weighted by molar-refractivity contribution is -0.126. The van der Waals surface area contributed by atoms with Gasteiger partial charge in [0, 0.05) is 17.3 Å². The summed E-state index contributed by atoms with van der Waals surface area (Å²) in [6.45, 7) is 2.33. The third-order valence-corrected chi connectivity index (χ3v) is 6.57. The Morgan fingerprint density at radius 2 is 1.77 bits per heavy atom. The van der Waals surface area contributed by atoms with Gasteiger partial charge in [-0.05, 0) is 73.2 Å². The molecule has 0 aliphatic carbocycles. The number of benzene rings is 2. The Kier molecular flexibility index (Phi) is 5.86. The van der Waals surface area contributed by atoms with Crippen molar-refractivity contribution in [2.45, 2.75) is 25.6 Å². The molecular weight excluding hydrogens is 466 g/mol. The number of ether oxygens (including phenoxy) is 1. The van der Waals surface area contributed by atoms with Crippen LogP contribution >= 0.6 is 11.6 Å². The normalized spacial score (nSPS) is 17.2. The monoisotopic (exact) mass is 489 g/mol. The SMILES string of the molecule is COc1ccc(N2C(=O)c3ccc(-c4ccco4)n3C[C@]2(C)C(=O)NCc2ccc(Cl)cc2)cc1. The summed E-state index contributed by atoms with van der Waals surface area (Å²) in [6, 6.07) is 21.6. The van der Waals surface area contributed by atoms with Crippen LogP contribution in [0.2, 0.25) is 5.02 Å². The molecule has 0 spiro atoms. The van der Waals surface area contributed by atoms with E-state index in [0.29, 0.717) is 34.5 Å². The molecule has 0 bridgehead atoms. The van der Waals surface area contributed by atoms with E-state index in [1.165, 1.54) is 0 Å². The number of methoxy groups -OCH3 is 1. The highest BCUT2D eigenvalue weighted by molar-refractivity contribution is 6.30.